The molecule has 0 aromatic rings. The summed E-state index contributed by atoms with van der Waals surface area (Å²) < 4.78 is 36.1. The molecule has 2 fully saturated rings. The van der Waals surface area contributed by atoms with Crippen molar-refractivity contribution in [3.63, 3.8) is 0 Å². The third kappa shape index (κ3) is 2.89. The highest BCUT2D eigenvalue weighted by Gasteiger charge is 2.55. The SMILES string of the molecule is CC(C)(C)OC(=O)N1CC2(CNCC(F)(F)O2)C1. The van der Waals surface area contributed by atoms with E-state index in [0.717, 1.165) is 0 Å². The molecule has 1 N–H and O–H groups in total. The first-order chi connectivity index (χ1) is 8.11. The standard InChI is InChI=1S/C11H18F2N2O3/c1-9(2,3)17-8(16)15-6-10(7-15)4-14-5-11(12,13)18-10/h14H,4-7H2,1-3H3. The van der Waals surface area contributed by atoms with Gasteiger partial charge in [0.2, 0.25) is 0 Å². The van der Waals surface area contributed by atoms with Crippen molar-refractivity contribution in [2.45, 2.75) is 38.1 Å². The molecule has 0 aliphatic carbocycles. The fraction of sp³-hybridized carbons (Fsp3) is 0.909. The number of amides is 1. The van der Waals surface area contributed by atoms with Crippen LogP contribution in [0.5, 0.6) is 0 Å². The number of rotatable bonds is 0. The smallest absolute Gasteiger partial charge is 0.410 e. The molecule has 104 valence electrons. The summed E-state index contributed by atoms with van der Waals surface area (Å²) in [6, 6.07) is 0. The lowest BCUT2D eigenvalue weighted by atomic mass is 9.93. The number of hydrogen-bond donors (Lipinski definition) is 1. The number of alkyl halides is 2. The Morgan fingerprint density at radius 1 is 1.33 bits per heavy atom. The van der Waals surface area contributed by atoms with Crippen molar-refractivity contribution in [1.29, 1.82) is 0 Å². The number of nitrogens with one attached hydrogen (secondary N) is 1. The lowest BCUT2D eigenvalue weighted by Crippen LogP contribution is -2.73. The van der Waals surface area contributed by atoms with Crippen LogP contribution in [-0.2, 0) is 9.47 Å². The second-order valence-corrected chi connectivity index (χ2v) is 5.86. The van der Waals surface area contributed by atoms with Gasteiger partial charge in [-0.3, -0.25) is 0 Å². The first-order valence-corrected chi connectivity index (χ1v) is 5.88. The Kier molecular flexibility index (Phi) is 3.02. The highest BCUT2D eigenvalue weighted by atomic mass is 19.3. The van der Waals surface area contributed by atoms with Gasteiger partial charge in [-0.1, -0.05) is 0 Å². The molecule has 0 aromatic heterocycles. The molecule has 18 heavy (non-hydrogen) atoms. The van der Waals surface area contributed by atoms with Crippen molar-refractivity contribution in [3.8, 4) is 0 Å². The van der Waals surface area contributed by atoms with Crippen molar-refractivity contribution in [3.05, 3.63) is 0 Å². The first kappa shape index (κ1) is 13.5. The van der Waals surface area contributed by atoms with Gasteiger partial charge >= 0.3 is 12.2 Å². The van der Waals surface area contributed by atoms with E-state index >= 15 is 0 Å². The number of hydrogen-bond acceptors (Lipinski definition) is 4. The van der Waals surface area contributed by atoms with E-state index in [4.69, 9.17) is 9.47 Å². The zero-order valence-electron chi connectivity index (χ0n) is 10.8. The molecule has 0 atom stereocenters. The Balaban J connectivity index is 1.88. The van der Waals surface area contributed by atoms with Gasteiger partial charge in [-0.25, -0.2) is 4.79 Å². The molecule has 2 rings (SSSR count). The van der Waals surface area contributed by atoms with Gasteiger partial charge in [0.25, 0.3) is 0 Å². The number of ether oxygens (including phenoxy) is 2. The van der Waals surface area contributed by atoms with E-state index in [1.165, 1.54) is 4.90 Å². The molecular formula is C11H18F2N2O3. The van der Waals surface area contributed by atoms with Crippen LogP contribution in [0.15, 0.2) is 0 Å². The Hall–Kier alpha value is -0.950. The summed E-state index contributed by atoms with van der Waals surface area (Å²) in [4.78, 5) is 13.0. The maximum atomic E-state index is 13.1. The molecule has 2 saturated heterocycles. The number of likely N-dealkylation sites (tertiary alicyclic amines) is 1. The third-order valence-electron chi connectivity index (χ3n) is 2.75. The van der Waals surface area contributed by atoms with E-state index in [1.54, 1.807) is 20.8 Å². The molecular weight excluding hydrogens is 246 g/mol. The normalized spacial score (nSPS) is 25.7. The van der Waals surface area contributed by atoms with E-state index in [2.05, 4.69) is 5.32 Å². The molecule has 0 unspecified atom stereocenters. The molecule has 0 aromatic carbocycles. The van der Waals surface area contributed by atoms with Gasteiger partial charge in [-0.05, 0) is 20.8 Å². The molecule has 1 amide bonds. The molecule has 0 bridgehead atoms. The van der Waals surface area contributed by atoms with Crippen LogP contribution in [0.3, 0.4) is 0 Å². The van der Waals surface area contributed by atoms with Crippen molar-refractivity contribution < 1.29 is 23.0 Å². The van der Waals surface area contributed by atoms with Crippen LogP contribution in [0.25, 0.3) is 0 Å². The number of morpholine rings is 1. The van der Waals surface area contributed by atoms with Gasteiger partial charge in [0.15, 0.2) is 0 Å². The molecule has 0 saturated carbocycles. The number of carbonyl (C=O) groups excluding carboxylic acids is 1. The maximum Gasteiger partial charge on any atom is 0.410 e. The average Bonchev–Trinajstić information content (AvgIpc) is 2.09. The predicted octanol–water partition coefficient (Wildman–Crippen LogP) is 1.19. The molecule has 1 spiro atoms. The van der Waals surface area contributed by atoms with Gasteiger partial charge in [-0.2, -0.15) is 8.78 Å². The number of carbonyl (C=O) groups is 1. The van der Waals surface area contributed by atoms with Crippen LogP contribution >= 0.6 is 0 Å². The highest BCUT2D eigenvalue weighted by molar-refractivity contribution is 5.69. The average molecular weight is 264 g/mol. The fourth-order valence-electron chi connectivity index (χ4n) is 2.11. The summed E-state index contributed by atoms with van der Waals surface area (Å²) in [6.45, 7) is 5.37. The summed E-state index contributed by atoms with van der Waals surface area (Å²) in [5, 5.41) is 2.62. The fourth-order valence-corrected chi connectivity index (χ4v) is 2.11. The second kappa shape index (κ2) is 4.03. The Bertz CT molecular complexity index is 349. The highest BCUT2D eigenvalue weighted by Crippen LogP contribution is 2.34. The third-order valence-corrected chi connectivity index (χ3v) is 2.75. The number of nitrogens with zero attached hydrogens (tertiary/aromatic N) is 1. The summed E-state index contributed by atoms with van der Waals surface area (Å²) in [5.74, 6) is 0. The van der Waals surface area contributed by atoms with E-state index < -0.39 is 29.9 Å². The minimum absolute atomic E-state index is 0.129. The van der Waals surface area contributed by atoms with E-state index in [0.29, 0.717) is 6.54 Å². The summed E-state index contributed by atoms with van der Waals surface area (Å²) in [6.07, 6.45) is -3.66. The van der Waals surface area contributed by atoms with E-state index in [1.807, 2.05) is 0 Å². The van der Waals surface area contributed by atoms with Gasteiger partial charge in [0.1, 0.15) is 11.2 Å². The van der Waals surface area contributed by atoms with Gasteiger partial charge in [-0.15, -0.1) is 0 Å². The molecule has 2 aliphatic rings. The lowest BCUT2D eigenvalue weighted by molar-refractivity contribution is -0.330. The van der Waals surface area contributed by atoms with Crippen LogP contribution in [0.1, 0.15) is 20.8 Å². The Morgan fingerprint density at radius 3 is 2.44 bits per heavy atom. The lowest BCUT2D eigenvalue weighted by Gasteiger charge is -2.52. The first-order valence-electron chi connectivity index (χ1n) is 5.88. The van der Waals surface area contributed by atoms with Crippen molar-refractivity contribution in [1.82, 2.24) is 10.2 Å². The van der Waals surface area contributed by atoms with Crippen LogP contribution in [-0.4, -0.2) is 54.5 Å². The van der Waals surface area contributed by atoms with E-state index in [-0.39, 0.29) is 13.1 Å². The molecule has 2 heterocycles. The van der Waals surface area contributed by atoms with Crippen molar-refractivity contribution in [2.24, 2.45) is 0 Å². The summed E-state index contributed by atoms with van der Waals surface area (Å²) >= 11 is 0. The molecule has 7 heteroatoms. The minimum atomic E-state index is -3.17. The van der Waals surface area contributed by atoms with Crippen LogP contribution in [0.2, 0.25) is 0 Å². The largest absolute Gasteiger partial charge is 0.444 e. The second-order valence-electron chi connectivity index (χ2n) is 5.86. The summed E-state index contributed by atoms with van der Waals surface area (Å²) in [7, 11) is 0. The van der Waals surface area contributed by atoms with Crippen molar-refractivity contribution in [2.75, 3.05) is 26.2 Å². The van der Waals surface area contributed by atoms with Crippen LogP contribution in [0, 0.1) is 0 Å². The Morgan fingerprint density at radius 2 is 1.94 bits per heavy atom. The molecule has 0 radical (unpaired) electrons. The van der Waals surface area contributed by atoms with Crippen molar-refractivity contribution >= 4 is 6.09 Å². The summed E-state index contributed by atoms with van der Waals surface area (Å²) in [5.41, 5.74) is -1.56. The monoisotopic (exact) mass is 264 g/mol. The van der Waals surface area contributed by atoms with E-state index in [9.17, 15) is 13.6 Å². The molecule has 5 nitrogen and oxygen atoms in total. The molecule has 2 aliphatic heterocycles. The van der Waals surface area contributed by atoms with Gasteiger partial charge < -0.3 is 19.7 Å². The maximum absolute atomic E-state index is 13.1. The Labute approximate surface area is 104 Å². The zero-order valence-corrected chi connectivity index (χ0v) is 10.8. The topological polar surface area (TPSA) is 50.8 Å². The van der Waals surface area contributed by atoms with Gasteiger partial charge in [0, 0.05) is 6.54 Å². The van der Waals surface area contributed by atoms with Crippen LogP contribution in [0.4, 0.5) is 13.6 Å². The number of halogens is 2. The van der Waals surface area contributed by atoms with Gasteiger partial charge in [0.05, 0.1) is 19.6 Å². The predicted molar refractivity (Wildman–Crippen MR) is 59.4 cm³/mol. The quantitative estimate of drug-likeness (QED) is 0.714. The zero-order chi connectivity index (χ0) is 13.6. The minimum Gasteiger partial charge on any atom is -0.444 e. The van der Waals surface area contributed by atoms with Crippen LogP contribution < -0.4 is 5.32 Å².